The number of nitrogens with two attached hydrogens (primary N) is 1. The van der Waals surface area contributed by atoms with Gasteiger partial charge in [0.2, 0.25) is 5.89 Å². The Bertz CT molecular complexity index is 434. The van der Waals surface area contributed by atoms with Crippen molar-refractivity contribution in [3.63, 3.8) is 0 Å². The number of nitrogens with zero attached hydrogens (tertiary/aromatic N) is 2. The molecule has 3 unspecified atom stereocenters. The summed E-state index contributed by atoms with van der Waals surface area (Å²) in [5, 5.41) is 5.07. The smallest absolute Gasteiger partial charge is 0.249 e. The fourth-order valence-electron chi connectivity index (χ4n) is 2.44. The second-order valence-corrected chi connectivity index (χ2v) is 7.62. The lowest BCUT2D eigenvalue weighted by Crippen LogP contribution is -2.37. The third-order valence-corrected chi connectivity index (χ3v) is 6.87. The summed E-state index contributed by atoms with van der Waals surface area (Å²) in [6, 6.07) is 0. The SMILES string of the molecule is CCC1SCCSC1c1noc(C2(N)CCOC2)n1. The van der Waals surface area contributed by atoms with E-state index in [0.29, 0.717) is 29.6 Å². The number of ether oxygens (including phenoxy) is 1. The molecule has 0 spiro atoms. The van der Waals surface area contributed by atoms with Crippen molar-refractivity contribution >= 4 is 23.5 Å². The van der Waals surface area contributed by atoms with Crippen molar-refractivity contribution in [1.29, 1.82) is 0 Å². The zero-order chi connectivity index (χ0) is 13.3. The molecule has 0 bridgehead atoms. The second-order valence-electron chi connectivity index (χ2n) is 5.03. The first-order chi connectivity index (χ1) is 9.23. The molecule has 19 heavy (non-hydrogen) atoms. The first-order valence-corrected chi connectivity index (χ1v) is 8.76. The third-order valence-electron chi connectivity index (χ3n) is 3.63. The number of aromatic nitrogens is 2. The maximum atomic E-state index is 6.26. The van der Waals surface area contributed by atoms with Crippen LogP contribution in [0.15, 0.2) is 4.52 Å². The minimum atomic E-state index is -0.584. The monoisotopic (exact) mass is 301 g/mol. The molecule has 2 N–H and O–H groups in total. The van der Waals surface area contributed by atoms with Gasteiger partial charge in [0.1, 0.15) is 5.54 Å². The Morgan fingerprint density at radius 1 is 1.42 bits per heavy atom. The molecule has 0 amide bonds. The molecular weight excluding hydrogens is 282 g/mol. The van der Waals surface area contributed by atoms with E-state index in [1.165, 1.54) is 5.75 Å². The third kappa shape index (κ3) is 2.66. The summed E-state index contributed by atoms with van der Waals surface area (Å²) in [5.41, 5.74) is 5.67. The lowest BCUT2D eigenvalue weighted by Gasteiger charge is -2.27. The van der Waals surface area contributed by atoms with E-state index in [1.54, 1.807) is 0 Å². The molecule has 3 heterocycles. The normalized spacial score (nSPS) is 35.7. The van der Waals surface area contributed by atoms with Crippen molar-refractivity contribution in [1.82, 2.24) is 10.1 Å². The van der Waals surface area contributed by atoms with Gasteiger partial charge in [0.05, 0.1) is 11.9 Å². The Kier molecular flexibility index (Phi) is 4.07. The van der Waals surface area contributed by atoms with Gasteiger partial charge in [-0.15, -0.1) is 11.8 Å². The molecular formula is C12H19N3O2S2. The van der Waals surface area contributed by atoms with Gasteiger partial charge in [-0.25, -0.2) is 0 Å². The fourth-order valence-corrected chi connectivity index (χ4v) is 5.43. The van der Waals surface area contributed by atoms with Crippen molar-refractivity contribution in [3.05, 3.63) is 11.7 Å². The molecule has 106 valence electrons. The van der Waals surface area contributed by atoms with E-state index in [-0.39, 0.29) is 0 Å². The Morgan fingerprint density at radius 3 is 3.00 bits per heavy atom. The van der Waals surface area contributed by atoms with Gasteiger partial charge < -0.3 is 15.0 Å². The zero-order valence-corrected chi connectivity index (χ0v) is 12.6. The minimum Gasteiger partial charge on any atom is -0.379 e. The van der Waals surface area contributed by atoms with Crippen LogP contribution in [0.1, 0.15) is 36.7 Å². The lowest BCUT2D eigenvalue weighted by atomic mass is 10.0. The highest BCUT2D eigenvalue weighted by atomic mass is 32.2. The molecule has 5 nitrogen and oxygen atoms in total. The minimum absolute atomic E-state index is 0.326. The first-order valence-electron chi connectivity index (χ1n) is 6.67. The highest BCUT2D eigenvalue weighted by molar-refractivity contribution is 8.06. The van der Waals surface area contributed by atoms with Gasteiger partial charge >= 0.3 is 0 Å². The van der Waals surface area contributed by atoms with Gasteiger partial charge in [-0.05, 0) is 12.8 Å². The van der Waals surface area contributed by atoms with Crippen LogP contribution in [0.2, 0.25) is 0 Å². The molecule has 2 saturated heterocycles. The van der Waals surface area contributed by atoms with Gasteiger partial charge in [0.25, 0.3) is 0 Å². The molecule has 3 rings (SSSR count). The maximum Gasteiger partial charge on any atom is 0.249 e. The number of rotatable bonds is 3. The van der Waals surface area contributed by atoms with E-state index in [1.807, 2.05) is 23.5 Å². The molecule has 2 aliphatic rings. The van der Waals surface area contributed by atoms with Crippen molar-refractivity contribution in [2.45, 2.75) is 35.8 Å². The van der Waals surface area contributed by atoms with E-state index >= 15 is 0 Å². The van der Waals surface area contributed by atoms with Crippen LogP contribution in [-0.4, -0.2) is 40.1 Å². The van der Waals surface area contributed by atoms with Crippen molar-refractivity contribution < 1.29 is 9.26 Å². The lowest BCUT2D eigenvalue weighted by molar-refractivity contribution is 0.166. The van der Waals surface area contributed by atoms with Crippen molar-refractivity contribution in [2.24, 2.45) is 5.73 Å². The number of thioether (sulfide) groups is 2. The topological polar surface area (TPSA) is 74.2 Å². The van der Waals surface area contributed by atoms with Crippen LogP contribution < -0.4 is 5.73 Å². The highest BCUT2D eigenvalue weighted by Gasteiger charge is 2.39. The predicted octanol–water partition coefficient (Wildman–Crippen LogP) is 1.94. The highest BCUT2D eigenvalue weighted by Crippen LogP contribution is 2.43. The molecule has 1 aromatic rings. The average molecular weight is 301 g/mol. The summed E-state index contributed by atoms with van der Waals surface area (Å²) in [6.07, 6.45) is 1.88. The number of hydrogen-bond donors (Lipinski definition) is 1. The summed E-state index contributed by atoms with van der Waals surface area (Å²) in [6.45, 7) is 3.35. The molecule has 0 aliphatic carbocycles. The quantitative estimate of drug-likeness (QED) is 0.914. The maximum absolute atomic E-state index is 6.26. The zero-order valence-electron chi connectivity index (χ0n) is 11.0. The van der Waals surface area contributed by atoms with E-state index in [0.717, 1.165) is 24.4 Å². The van der Waals surface area contributed by atoms with Gasteiger partial charge in [-0.3, -0.25) is 0 Å². The second kappa shape index (κ2) is 5.63. The molecule has 0 aromatic carbocycles. The first kappa shape index (κ1) is 13.7. The Morgan fingerprint density at radius 2 is 2.26 bits per heavy atom. The van der Waals surface area contributed by atoms with Crippen LogP contribution in [0.3, 0.4) is 0 Å². The fraction of sp³-hybridized carbons (Fsp3) is 0.833. The van der Waals surface area contributed by atoms with Gasteiger partial charge in [-0.2, -0.15) is 16.7 Å². The van der Waals surface area contributed by atoms with Gasteiger partial charge in [-0.1, -0.05) is 12.1 Å². The van der Waals surface area contributed by atoms with Crippen molar-refractivity contribution in [3.8, 4) is 0 Å². The summed E-state index contributed by atoms with van der Waals surface area (Å²) in [5.74, 6) is 3.69. The van der Waals surface area contributed by atoms with E-state index in [4.69, 9.17) is 15.0 Å². The molecule has 0 radical (unpaired) electrons. The molecule has 7 heteroatoms. The summed E-state index contributed by atoms with van der Waals surface area (Å²) < 4.78 is 10.8. The predicted molar refractivity (Wildman–Crippen MR) is 77.3 cm³/mol. The van der Waals surface area contributed by atoms with E-state index < -0.39 is 5.54 Å². The Labute approximate surface area is 121 Å². The van der Waals surface area contributed by atoms with Gasteiger partial charge in [0, 0.05) is 23.4 Å². The average Bonchev–Trinajstić information content (AvgIpc) is 3.08. The molecule has 0 saturated carbocycles. The van der Waals surface area contributed by atoms with E-state index in [9.17, 15) is 0 Å². The van der Waals surface area contributed by atoms with Crippen LogP contribution in [0, 0.1) is 0 Å². The summed E-state index contributed by atoms with van der Waals surface area (Å²) >= 11 is 3.93. The molecule has 1 aromatic heterocycles. The Hall–Kier alpha value is -0.240. The van der Waals surface area contributed by atoms with Crippen molar-refractivity contribution in [2.75, 3.05) is 24.7 Å². The Balaban J connectivity index is 1.80. The molecule has 3 atom stereocenters. The number of hydrogen-bond acceptors (Lipinski definition) is 7. The van der Waals surface area contributed by atoms with Crippen LogP contribution in [-0.2, 0) is 10.3 Å². The standard InChI is InChI=1S/C12H19N3O2S2/c1-2-8-9(19-6-5-18-8)10-14-11(17-15-10)12(13)3-4-16-7-12/h8-9H,2-7,13H2,1H3. The summed E-state index contributed by atoms with van der Waals surface area (Å²) in [7, 11) is 0. The van der Waals surface area contributed by atoms with E-state index in [2.05, 4.69) is 17.1 Å². The summed E-state index contributed by atoms with van der Waals surface area (Å²) in [4.78, 5) is 4.57. The van der Waals surface area contributed by atoms with Crippen LogP contribution >= 0.6 is 23.5 Å². The largest absolute Gasteiger partial charge is 0.379 e. The van der Waals surface area contributed by atoms with Gasteiger partial charge in [0.15, 0.2) is 5.82 Å². The molecule has 2 aliphatic heterocycles. The van der Waals surface area contributed by atoms with Crippen LogP contribution in [0.25, 0.3) is 0 Å². The van der Waals surface area contributed by atoms with Crippen LogP contribution in [0.4, 0.5) is 0 Å². The van der Waals surface area contributed by atoms with Crippen LogP contribution in [0.5, 0.6) is 0 Å². The molecule has 2 fully saturated rings.